The van der Waals surface area contributed by atoms with E-state index in [1.807, 2.05) is 0 Å². The molecular weight excluding hydrogens is 339 g/mol. The third-order valence-electron chi connectivity index (χ3n) is 4.99. The number of rotatable bonds is 3. The maximum atomic E-state index is 12.6. The molecule has 0 spiro atoms. The van der Waals surface area contributed by atoms with E-state index in [9.17, 15) is 13.2 Å². The molecule has 2 fully saturated rings. The molecule has 136 valence electrons. The average molecular weight is 364 g/mol. The summed E-state index contributed by atoms with van der Waals surface area (Å²) >= 11 is 0. The summed E-state index contributed by atoms with van der Waals surface area (Å²) in [5, 5.41) is 3.43. The van der Waals surface area contributed by atoms with Crippen LogP contribution < -0.4 is 10.2 Å². The SMILES string of the molecule is CC1(CN2CCN(c3ccc(C(F)(F)F)cc3)CC2)CCNC1.Cl. The number of alkyl halides is 3. The van der Waals surface area contributed by atoms with E-state index in [1.54, 1.807) is 12.1 Å². The molecule has 1 atom stereocenters. The molecule has 2 heterocycles. The van der Waals surface area contributed by atoms with Gasteiger partial charge in [0.2, 0.25) is 0 Å². The van der Waals surface area contributed by atoms with Crippen molar-refractivity contribution in [2.45, 2.75) is 19.5 Å². The van der Waals surface area contributed by atoms with Gasteiger partial charge in [-0.3, -0.25) is 4.90 Å². The lowest BCUT2D eigenvalue weighted by molar-refractivity contribution is -0.137. The van der Waals surface area contributed by atoms with Gasteiger partial charge in [-0.2, -0.15) is 13.2 Å². The van der Waals surface area contributed by atoms with Crippen LogP contribution in [0, 0.1) is 5.41 Å². The van der Waals surface area contributed by atoms with E-state index in [4.69, 9.17) is 0 Å². The van der Waals surface area contributed by atoms with Crippen molar-refractivity contribution in [3.8, 4) is 0 Å². The smallest absolute Gasteiger partial charge is 0.369 e. The lowest BCUT2D eigenvalue weighted by Gasteiger charge is -2.39. The fraction of sp³-hybridized carbons (Fsp3) is 0.647. The van der Waals surface area contributed by atoms with Crippen molar-refractivity contribution in [3.63, 3.8) is 0 Å². The highest BCUT2D eigenvalue weighted by molar-refractivity contribution is 5.85. The monoisotopic (exact) mass is 363 g/mol. The number of benzene rings is 1. The third kappa shape index (κ3) is 4.55. The molecule has 1 aromatic carbocycles. The summed E-state index contributed by atoms with van der Waals surface area (Å²) in [4.78, 5) is 4.65. The molecule has 7 heteroatoms. The molecule has 0 amide bonds. The Bertz CT molecular complexity index is 519. The summed E-state index contributed by atoms with van der Waals surface area (Å²) in [6.45, 7) is 9.28. The average Bonchev–Trinajstić information content (AvgIpc) is 2.94. The molecule has 0 aromatic heterocycles. The Balaban J connectivity index is 0.00000208. The molecule has 2 saturated heterocycles. The Hall–Kier alpha value is -0.980. The number of hydrogen-bond donors (Lipinski definition) is 1. The normalized spacial score (nSPS) is 25.6. The minimum Gasteiger partial charge on any atom is -0.369 e. The molecule has 2 aliphatic heterocycles. The van der Waals surface area contributed by atoms with E-state index >= 15 is 0 Å². The Labute approximate surface area is 147 Å². The van der Waals surface area contributed by atoms with E-state index < -0.39 is 11.7 Å². The first-order valence-electron chi connectivity index (χ1n) is 8.21. The Morgan fingerprint density at radius 1 is 1.08 bits per heavy atom. The summed E-state index contributed by atoms with van der Waals surface area (Å²) < 4.78 is 37.9. The minimum absolute atomic E-state index is 0. The van der Waals surface area contributed by atoms with Gasteiger partial charge < -0.3 is 10.2 Å². The number of hydrogen-bond acceptors (Lipinski definition) is 3. The van der Waals surface area contributed by atoms with Crippen molar-refractivity contribution < 1.29 is 13.2 Å². The summed E-state index contributed by atoms with van der Waals surface area (Å²) in [5.74, 6) is 0. The second-order valence-electron chi connectivity index (χ2n) is 7.05. The van der Waals surface area contributed by atoms with E-state index in [1.165, 1.54) is 18.6 Å². The second kappa shape index (κ2) is 7.50. The summed E-state index contributed by atoms with van der Waals surface area (Å²) in [6.07, 6.45) is -3.05. The Kier molecular flexibility index (Phi) is 6.04. The highest BCUT2D eigenvalue weighted by atomic mass is 35.5. The lowest BCUT2D eigenvalue weighted by atomic mass is 9.89. The van der Waals surface area contributed by atoms with Crippen molar-refractivity contribution in [2.75, 3.05) is 50.7 Å². The van der Waals surface area contributed by atoms with Crippen LogP contribution in [0.15, 0.2) is 24.3 Å². The second-order valence-corrected chi connectivity index (χ2v) is 7.05. The van der Waals surface area contributed by atoms with Gasteiger partial charge >= 0.3 is 6.18 Å². The Morgan fingerprint density at radius 2 is 1.71 bits per heavy atom. The summed E-state index contributed by atoms with van der Waals surface area (Å²) in [5.41, 5.74) is 0.657. The van der Waals surface area contributed by atoms with E-state index in [2.05, 4.69) is 22.0 Å². The number of piperazine rings is 1. The van der Waals surface area contributed by atoms with Crippen LogP contribution in [0.4, 0.5) is 18.9 Å². The minimum atomic E-state index is -4.26. The predicted molar refractivity (Wildman–Crippen MR) is 92.9 cm³/mol. The van der Waals surface area contributed by atoms with Crippen molar-refractivity contribution >= 4 is 18.1 Å². The van der Waals surface area contributed by atoms with Gasteiger partial charge in [0.05, 0.1) is 5.56 Å². The van der Waals surface area contributed by atoms with Crippen molar-refractivity contribution in [1.29, 1.82) is 0 Å². The van der Waals surface area contributed by atoms with Gasteiger partial charge in [0.1, 0.15) is 0 Å². The first-order valence-corrected chi connectivity index (χ1v) is 8.21. The highest BCUT2D eigenvalue weighted by Crippen LogP contribution is 2.31. The first-order chi connectivity index (χ1) is 10.9. The molecule has 3 nitrogen and oxygen atoms in total. The molecule has 1 unspecified atom stereocenters. The van der Waals surface area contributed by atoms with Gasteiger partial charge in [-0.15, -0.1) is 12.4 Å². The zero-order chi connectivity index (χ0) is 16.5. The van der Waals surface area contributed by atoms with Crippen molar-refractivity contribution in [2.24, 2.45) is 5.41 Å². The number of anilines is 1. The quantitative estimate of drug-likeness (QED) is 0.889. The van der Waals surface area contributed by atoms with Gasteiger partial charge in [0.15, 0.2) is 0 Å². The maximum Gasteiger partial charge on any atom is 0.416 e. The van der Waals surface area contributed by atoms with Gasteiger partial charge in [-0.25, -0.2) is 0 Å². The van der Waals surface area contributed by atoms with Crippen LogP contribution in [0.5, 0.6) is 0 Å². The highest BCUT2D eigenvalue weighted by Gasteiger charge is 2.32. The number of halogens is 4. The van der Waals surface area contributed by atoms with Gasteiger partial charge in [0, 0.05) is 45.0 Å². The van der Waals surface area contributed by atoms with Gasteiger partial charge in [0.25, 0.3) is 0 Å². The lowest BCUT2D eigenvalue weighted by Crippen LogP contribution is -2.49. The molecule has 1 aromatic rings. The van der Waals surface area contributed by atoms with E-state index in [0.29, 0.717) is 5.41 Å². The molecule has 1 N–H and O–H groups in total. The summed E-state index contributed by atoms with van der Waals surface area (Å²) in [6, 6.07) is 5.52. The van der Waals surface area contributed by atoms with Gasteiger partial charge in [-0.05, 0) is 42.6 Å². The van der Waals surface area contributed by atoms with Crippen molar-refractivity contribution in [1.82, 2.24) is 10.2 Å². The standard InChI is InChI=1S/C17H24F3N3.ClH/c1-16(6-7-21-12-16)13-22-8-10-23(11-9-22)15-4-2-14(3-5-15)17(18,19)20;/h2-5,21H,6-13H2,1H3;1H. The molecule has 0 aliphatic carbocycles. The van der Waals surface area contributed by atoms with Crippen LogP contribution in [-0.4, -0.2) is 50.7 Å². The molecule has 0 bridgehead atoms. The van der Waals surface area contributed by atoms with Gasteiger partial charge in [-0.1, -0.05) is 6.92 Å². The molecule has 2 aliphatic rings. The topological polar surface area (TPSA) is 18.5 Å². The number of nitrogens with zero attached hydrogens (tertiary/aromatic N) is 2. The fourth-order valence-electron chi connectivity index (χ4n) is 3.57. The zero-order valence-corrected chi connectivity index (χ0v) is 14.7. The zero-order valence-electron chi connectivity index (χ0n) is 13.9. The van der Waals surface area contributed by atoms with Crippen molar-refractivity contribution in [3.05, 3.63) is 29.8 Å². The molecular formula is C17H25ClF3N3. The van der Waals surface area contributed by atoms with Crippen LogP contribution in [0.3, 0.4) is 0 Å². The largest absolute Gasteiger partial charge is 0.416 e. The number of nitrogens with one attached hydrogen (secondary N) is 1. The third-order valence-corrected chi connectivity index (χ3v) is 4.99. The van der Waals surface area contributed by atoms with Crippen LogP contribution in [0.2, 0.25) is 0 Å². The fourth-order valence-corrected chi connectivity index (χ4v) is 3.57. The van der Waals surface area contributed by atoms with E-state index in [-0.39, 0.29) is 12.4 Å². The maximum absolute atomic E-state index is 12.6. The predicted octanol–water partition coefficient (Wildman–Crippen LogP) is 3.25. The molecule has 0 saturated carbocycles. The van der Waals surface area contributed by atoms with E-state index in [0.717, 1.165) is 51.5 Å². The molecule has 24 heavy (non-hydrogen) atoms. The molecule has 3 rings (SSSR count). The molecule has 0 radical (unpaired) electrons. The Morgan fingerprint density at radius 3 is 2.21 bits per heavy atom. The van der Waals surface area contributed by atoms with Crippen LogP contribution in [-0.2, 0) is 6.18 Å². The van der Waals surface area contributed by atoms with Crippen LogP contribution in [0.1, 0.15) is 18.9 Å². The first kappa shape index (κ1) is 19.3. The van der Waals surface area contributed by atoms with Crippen LogP contribution >= 0.6 is 12.4 Å². The summed E-state index contributed by atoms with van der Waals surface area (Å²) in [7, 11) is 0. The van der Waals surface area contributed by atoms with Crippen LogP contribution in [0.25, 0.3) is 0 Å².